The molecule has 1 saturated heterocycles. The predicted octanol–water partition coefficient (Wildman–Crippen LogP) is 4.95. The van der Waals surface area contributed by atoms with Crippen molar-refractivity contribution in [1.29, 1.82) is 0 Å². The van der Waals surface area contributed by atoms with Crippen molar-refractivity contribution in [2.75, 3.05) is 25.5 Å². The van der Waals surface area contributed by atoms with Gasteiger partial charge in [0, 0.05) is 36.0 Å². The van der Waals surface area contributed by atoms with Crippen molar-refractivity contribution < 1.29 is 9.13 Å². The zero-order valence-electron chi connectivity index (χ0n) is 17.9. The Balaban J connectivity index is 1.81. The number of benzene rings is 2. The van der Waals surface area contributed by atoms with Gasteiger partial charge in [-0.3, -0.25) is 4.99 Å². The number of ether oxygens (including phenoxy) is 1. The molecule has 2 aromatic carbocycles. The average molecular weight is 489 g/mol. The van der Waals surface area contributed by atoms with Crippen LogP contribution >= 0.6 is 23.2 Å². The lowest BCUT2D eigenvalue weighted by atomic mass is 10.0. The molecule has 2 heterocycles. The van der Waals surface area contributed by atoms with Crippen molar-refractivity contribution in [2.24, 2.45) is 10.7 Å². The predicted molar refractivity (Wildman–Crippen MR) is 132 cm³/mol. The van der Waals surface area contributed by atoms with E-state index in [1.54, 1.807) is 13.3 Å². The van der Waals surface area contributed by atoms with Crippen LogP contribution in [0.2, 0.25) is 10.0 Å². The standard InChI is InChI=1S/C23H23Cl2FN6O/c1-28-11-13(10-27)15-8-19-16(9-20(15)33-14-4-6-29-7-5-14)23(31-12-30-19)32-18-3-2-17(24)21(25)22(18)26/h2-3,8-12,14,29H,4-7,27H2,1H3,(H,30,31,32). The molecule has 0 bridgehead atoms. The second kappa shape index (κ2) is 10.3. The first-order valence-corrected chi connectivity index (χ1v) is 11.2. The van der Waals surface area contributed by atoms with Crippen LogP contribution in [0.25, 0.3) is 16.5 Å². The van der Waals surface area contributed by atoms with Crippen LogP contribution in [0.4, 0.5) is 15.9 Å². The molecule has 172 valence electrons. The molecule has 1 aliphatic heterocycles. The van der Waals surface area contributed by atoms with Gasteiger partial charge in [0.05, 0.1) is 21.2 Å². The van der Waals surface area contributed by atoms with Gasteiger partial charge in [-0.15, -0.1) is 0 Å². The largest absolute Gasteiger partial charge is 0.490 e. The van der Waals surface area contributed by atoms with E-state index >= 15 is 0 Å². The van der Waals surface area contributed by atoms with Crippen molar-refractivity contribution >= 4 is 57.4 Å². The van der Waals surface area contributed by atoms with E-state index in [4.69, 9.17) is 33.7 Å². The smallest absolute Gasteiger partial charge is 0.166 e. The molecule has 4 rings (SSSR count). The highest BCUT2D eigenvalue weighted by molar-refractivity contribution is 6.42. The van der Waals surface area contributed by atoms with Crippen LogP contribution in [0.1, 0.15) is 18.4 Å². The van der Waals surface area contributed by atoms with Crippen LogP contribution in [-0.4, -0.2) is 42.4 Å². The summed E-state index contributed by atoms with van der Waals surface area (Å²) in [6, 6.07) is 6.73. The summed E-state index contributed by atoms with van der Waals surface area (Å²) in [6.07, 6.45) is 6.36. The highest BCUT2D eigenvalue weighted by atomic mass is 35.5. The van der Waals surface area contributed by atoms with Crippen LogP contribution in [0, 0.1) is 5.82 Å². The Labute approximate surface area is 200 Å². The maximum Gasteiger partial charge on any atom is 0.166 e. The lowest BCUT2D eigenvalue weighted by Gasteiger charge is -2.25. The molecule has 1 aliphatic rings. The van der Waals surface area contributed by atoms with E-state index in [9.17, 15) is 4.39 Å². The van der Waals surface area contributed by atoms with Crippen molar-refractivity contribution in [3.63, 3.8) is 0 Å². The summed E-state index contributed by atoms with van der Waals surface area (Å²) < 4.78 is 21.0. The minimum Gasteiger partial charge on any atom is -0.490 e. The fraction of sp³-hybridized carbons (Fsp3) is 0.261. The first-order chi connectivity index (χ1) is 16.0. The Kier molecular flexibility index (Phi) is 7.27. The van der Waals surface area contributed by atoms with Crippen molar-refractivity contribution in [3.05, 3.63) is 58.2 Å². The molecule has 0 amide bonds. The molecule has 4 N–H and O–H groups in total. The number of anilines is 2. The third-order valence-corrected chi connectivity index (χ3v) is 6.14. The monoisotopic (exact) mass is 488 g/mol. The molecule has 0 atom stereocenters. The Hall–Kier alpha value is -2.94. The molecule has 1 aromatic heterocycles. The number of aliphatic imine (C=N–C) groups is 1. The highest BCUT2D eigenvalue weighted by Crippen LogP contribution is 2.36. The molecule has 0 aliphatic carbocycles. The zero-order valence-corrected chi connectivity index (χ0v) is 19.4. The first-order valence-electron chi connectivity index (χ1n) is 10.4. The van der Waals surface area contributed by atoms with Gasteiger partial charge in [-0.1, -0.05) is 23.2 Å². The fourth-order valence-electron chi connectivity index (χ4n) is 3.69. The molecule has 1 fully saturated rings. The van der Waals surface area contributed by atoms with Crippen LogP contribution in [0.5, 0.6) is 5.75 Å². The Morgan fingerprint density at radius 3 is 2.79 bits per heavy atom. The number of hydrogen-bond donors (Lipinski definition) is 3. The van der Waals surface area contributed by atoms with Gasteiger partial charge in [0.2, 0.25) is 0 Å². The van der Waals surface area contributed by atoms with Gasteiger partial charge in [0.1, 0.15) is 24.0 Å². The number of nitrogens with zero attached hydrogens (tertiary/aromatic N) is 3. The second-order valence-electron chi connectivity index (χ2n) is 7.51. The minimum absolute atomic E-state index is 0.0496. The van der Waals surface area contributed by atoms with E-state index in [0.29, 0.717) is 28.0 Å². The first kappa shape index (κ1) is 23.2. The number of allylic oxidation sites excluding steroid dienone is 1. The van der Waals surface area contributed by atoms with Gasteiger partial charge in [-0.2, -0.15) is 0 Å². The van der Waals surface area contributed by atoms with Crippen molar-refractivity contribution in [1.82, 2.24) is 15.3 Å². The lowest BCUT2D eigenvalue weighted by molar-refractivity contribution is 0.162. The number of aromatic nitrogens is 2. The van der Waals surface area contributed by atoms with Crippen molar-refractivity contribution in [3.8, 4) is 5.75 Å². The van der Waals surface area contributed by atoms with Gasteiger partial charge < -0.3 is 21.1 Å². The number of hydrogen-bond acceptors (Lipinski definition) is 7. The molecule has 0 spiro atoms. The molecule has 3 aromatic rings. The SMILES string of the molecule is CN=CC(=CN)c1cc2ncnc(Nc3ccc(Cl)c(Cl)c3F)c2cc1OC1CCNCC1. The molecular weight excluding hydrogens is 466 g/mol. The number of rotatable bonds is 6. The average Bonchev–Trinajstić information content (AvgIpc) is 2.83. The van der Waals surface area contributed by atoms with Gasteiger partial charge in [-0.25, -0.2) is 14.4 Å². The van der Waals surface area contributed by atoms with Crippen LogP contribution in [0.15, 0.2) is 41.8 Å². The number of nitrogens with two attached hydrogens (primary N) is 1. The van der Waals surface area contributed by atoms with Gasteiger partial charge in [0.25, 0.3) is 0 Å². The Morgan fingerprint density at radius 1 is 1.27 bits per heavy atom. The van der Waals surface area contributed by atoms with E-state index in [0.717, 1.165) is 31.5 Å². The molecule has 0 saturated carbocycles. The molecule has 7 nitrogen and oxygen atoms in total. The van der Waals surface area contributed by atoms with E-state index in [1.807, 2.05) is 12.1 Å². The van der Waals surface area contributed by atoms with E-state index in [2.05, 4.69) is 25.6 Å². The van der Waals surface area contributed by atoms with Crippen LogP contribution in [0.3, 0.4) is 0 Å². The summed E-state index contributed by atoms with van der Waals surface area (Å²) in [4.78, 5) is 12.8. The summed E-state index contributed by atoms with van der Waals surface area (Å²) in [5, 5.41) is 6.96. The molecule has 33 heavy (non-hydrogen) atoms. The lowest BCUT2D eigenvalue weighted by Crippen LogP contribution is -2.34. The Morgan fingerprint density at radius 2 is 2.06 bits per heavy atom. The highest BCUT2D eigenvalue weighted by Gasteiger charge is 2.20. The van der Waals surface area contributed by atoms with Gasteiger partial charge >= 0.3 is 0 Å². The fourth-order valence-corrected chi connectivity index (χ4v) is 4.00. The summed E-state index contributed by atoms with van der Waals surface area (Å²) in [7, 11) is 1.67. The number of fused-ring (bicyclic) bond motifs is 1. The van der Waals surface area contributed by atoms with Crippen molar-refractivity contribution in [2.45, 2.75) is 18.9 Å². The van der Waals surface area contributed by atoms with E-state index in [-0.39, 0.29) is 21.8 Å². The molecule has 0 radical (unpaired) electrons. The Bertz CT molecular complexity index is 1230. The third-order valence-electron chi connectivity index (χ3n) is 5.36. The summed E-state index contributed by atoms with van der Waals surface area (Å²) in [6.45, 7) is 1.77. The van der Waals surface area contributed by atoms with Gasteiger partial charge in [-0.05, 0) is 50.2 Å². The van der Waals surface area contributed by atoms with E-state index < -0.39 is 5.82 Å². The zero-order chi connectivity index (χ0) is 23.4. The van der Waals surface area contributed by atoms with Crippen LogP contribution < -0.4 is 21.1 Å². The van der Waals surface area contributed by atoms with Gasteiger partial charge in [0.15, 0.2) is 5.82 Å². The normalized spacial score (nSPS) is 15.3. The maximum absolute atomic E-state index is 14.6. The quantitative estimate of drug-likeness (QED) is 0.335. The molecule has 10 heteroatoms. The summed E-state index contributed by atoms with van der Waals surface area (Å²) >= 11 is 11.9. The van der Waals surface area contributed by atoms with E-state index in [1.165, 1.54) is 24.7 Å². The minimum atomic E-state index is -0.661. The van der Waals surface area contributed by atoms with Crippen LogP contribution in [-0.2, 0) is 0 Å². The second-order valence-corrected chi connectivity index (χ2v) is 8.30. The maximum atomic E-state index is 14.6. The molecule has 0 unspecified atom stereocenters. The summed E-state index contributed by atoms with van der Waals surface area (Å²) in [5.74, 6) is 0.367. The number of piperidine rings is 1. The topological polar surface area (TPSA) is 97.5 Å². The third kappa shape index (κ3) is 5.03. The summed E-state index contributed by atoms with van der Waals surface area (Å²) in [5.41, 5.74) is 8.12. The number of nitrogens with one attached hydrogen (secondary N) is 2. The molecular formula is C23H23Cl2FN6O. The number of halogens is 3.